The molecule has 0 bridgehead atoms. The highest BCUT2D eigenvalue weighted by Gasteiger charge is 2.33. The van der Waals surface area contributed by atoms with Gasteiger partial charge in [0.05, 0.1) is 11.4 Å². The number of nitriles is 1. The highest BCUT2D eigenvalue weighted by atomic mass is 32.2. The Morgan fingerprint density at radius 2 is 2.25 bits per heavy atom. The van der Waals surface area contributed by atoms with Crippen molar-refractivity contribution < 1.29 is 4.79 Å². The summed E-state index contributed by atoms with van der Waals surface area (Å²) in [5.74, 6) is 0.151. The molecule has 2 aromatic rings. The van der Waals surface area contributed by atoms with Crippen molar-refractivity contribution in [1.29, 1.82) is 5.26 Å². The van der Waals surface area contributed by atoms with Gasteiger partial charge in [-0.3, -0.25) is 4.79 Å². The summed E-state index contributed by atoms with van der Waals surface area (Å²) >= 11 is 1.25. The minimum atomic E-state index is -0.356. The third-order valence-corrected chi connectivity index (χ3v) is 4.95. The predicted molar refractivity (Wildman–Crippen MR) is 93.6 cm³/mol. The molecule has 0 saturated carbocycles. The topological polar surface area (TPSA) is 95.9 Å². The zero-order valence-electron chi connectivity index (χ0n) is 13.4. The van der Waals surface area contributed by atoms with Crippen molar-refractivity contribution in [3.8, 4) is 6.07 Å². The molecule has 0 saturated heterocycles. The SMILES string of the molecule is C[C@@H](Sc1ncc(C#N)c(N)n1)C(=O)N1c2ccccc2C[C@@H]1C. The number of fused-ring (bicyclic) bond motifs is 1. The van der Waals surface area contributed by atoms with E-state index in [-0.39, 0.29) is 28.6 Å². The van der Waals surface area contributed by atoms with Crippen molar-refractivity contribution in [1.82, 2.24) is 9.97 Å². The van der Waals surface area contributed by atoms with Crippen LogP contribution in [-0.4, -0.2) is 27.2 Å². The summed E-state index contributed by atoms with van der Waals surface area (Å²) < 4.78 is 0. The Labute approximate surface area is 144 Å². The molecule has 7 heteroatoms. The summed E-state index contributed by atoms with van der Waals surface area (Å²) in [6.45, 7) is 3.88. The maximum Gasteiger partial charge on any atom is 0.240 e. The normalized spacial score (nSPS) is 17.2. The average Bonchev–Trinajstić information content (AvgIpc) is 2.90. The molecule has 1 aromatic heterocycles. The maximum atomic E-state index is 12.9. The van der Waals surface area contributed by atoms with Crippen molar-refractivity contribution in [2.24, 2.45) is 0 Å². The van der Waals surface area contributed by atoms with E-state index in [2.05, 4.69) is 16.0 Å². The van der Waals surface area contributed by atoms with E-state index in [1.807, 2.05) is 43.0 Å². The van der Waals surface area contributed by atoms with Crippen molar-refractivity contribution in [2.75, 3.05) is 10.6 Å². The number of carbonyl (C=O) groups is 1. The zero-order chi connectivity index (χ0) is 17.3. The molecule has 2 heterocycles. The van der Waals surface area contributed by atoms with E-state index >= 15 is 0 Å². The predicted octanol–water partition coefficient (Wildman–Crippen LogP) is 2.39. The molecule has 2 atom stereocenters. The van der Waals surface area contributed by atoms with E-state index in [1.54, 1.807) is 0 Å². The molecular formula is C17H17N5OS. The number of aromatic nitrogens is 2. The van der Waals surface area contributed by atoms with E-state index in [1.165, 1.54) is 23.5 Å². The van der Waals surface area contributed by atoms with Crippen LogP contribution in [0.5, 0.6) is 0 Å². The number of nitrogens with zero attached hydrogens (tertiary/aromatic N) is 4. The smallest absolute Gasteiger partial charge is 0.240 e. The second kappa shape index (κ2) is 6.49. The van der Waals surface area contributed by atoms with E-state index in [0.29, 0.717) is 5.16 Å². The Kier molecular flexibility index (Phi) is 4.40. The summed E-state index contributed by atoms with van der Waals surface area (Å²) in [6.07, 6.45) is 2.25. The van der Waals surface area contributed by atoms with Gasteiger partial charge in [0, 0.05) is 11.7 Å². The fourth-order valence-corrected chi connectivity index (χ4v) is 3.62. The number of thioether (sulfide) groups is 1. The van der Waals surface area contributed by atoms with Gasteiger partial charge in [0.2, 0.25) is 5.91 Å². The number of amides is 1. The van der Waals surface area contributed by atoms with E-state index in [4.69, 9.17) is 11.0 Å². The Hall–Kier alpha value is -2.59. The number of anilines is 2. The van der Waals surface area contributed by atoms with Crippen LogP contribution in [0.25, 0.3) is 0 Å². The Bertz CT molecular complexity index is 832. The summed E-state index contributed by atoms with van der Waals surface area (Å²) in [7, 11) is 0. The lowest BCUT2D eigenvalue weighted by Crippen LogP contribution is -2.40. The lowest BCUT2D eigenvalue weighted by Gasteiger charge is -2.25. The van der Waals surface area contributed by atoms with Crippen LogP contribution in [0.15, 0.2) is 35.6 Å². The van der Waals surface area contributed by atoms with E-state index in [0.717, 1.165) is 12.1 Å². The molecule has 0 unspecified atom stereocenters. The monoisotopic (exact) mass is 339 g/mol. The fraction of sp³-hybridized carbons (Fsp3) is 0.294. The van der Waals surface area contributed by atoms with Crippen LogP contribution in [0.1, 0.15) is 25.0 Å². The van der Waals surface area contributed by atoms with Gasteiger partial charge in [0.25, 0.3) is 0 Å². The summed E-state index contributed by atoms with van der Waals surface area (Å²) in [6, 6.07) is 10.0. The second-order valence-corrected chi connectivity index (χ2v) is 7.02. The minimum absolute atomic E-state index is 0.0176. The van der Waals surface area contributed by atoms with Crippen molar-refractivity contribution >= 4 is 29.2 Å². The lowest BCUT2D eigenvalue weighted by atomic mass is 10.1. The van der Waals surface area contributed by atoms with E-state index in [9.17, 15) is 4.79 Å². The molecule has 122 valence electrons. The number of para-hydroxylation sites is 1. The molecule has 0 fully saturated rings. The highest BCUT2D eigenvalue weighted by Crippen LogP contribution is 2.34. The zero-order valence-corrected chi connectivity index (χ0v) is 14.2. The third kappa shape index (κ3) is 2.93. The molecule has 1 amide bonds. The van der Waals surface area contributed by atoms with Gasteiger partial charge in [-0.1, -0.05) is 30.0 Å². The summed E-state index contributed by atoms with van der Waals surface area (Å²) in [5.41, 5.74) is 8.11. The number of hydrogen-bond donors (Lipinski definition) is 1. The molecule has 1 aromatic carbocycles. The lowest BCUT2D eigenvalue weighted by molar-refractivity contribution is -0.118. The fourth-order valence-electron chi connectivity index (χ4n) is 2.83. The van der Waals surface area contributed by atoms with Gasteiger partial charge in [-0.2, -0.15) is 5.26 Å². The number of rotatable bonds is 3. The Balaban J connectivity index is 1.78. The van der Waals surface area contributed by atoms with Gasteiger partial charge in [0.15, 0.2) is 5.16 Å². The summed E-state index contributed by atoms with van der Waals surface area (Å²) in [5, 5.41) is 8.91. The first-order valence-electron chi connectivity index (χ1n) is 7.61. The average molecular weight is 339 g/mol. The van der Waals surface area contributed by atoms with Crippen LogP contribution in [0.3, 0.4) is 0 Å². The van der Waals surface area contributed by atoms with Crippen LogP contribution in [-0.2, 0) is 11.2 Å². The number of carbonyl (C=O) groups excluding carboxylic acids is 1. The Morgan fingerprint density at radius 1 is 1.50 bits per heavy atom. The molecule has 2 N–H and O–H groups in total. The van der Waals surface area contributed by atoms with Crippen LogP contribution in [0.2, 0.25) is 0 Å². The van der Waals surface area contributed by atoms with Crippen molar-refractivity contribution in [2.45, 2.75) is 36.7 Å². The molecular weight excluding hydrogens is 322 g/mol. The molecule has 0 spiro atoms. The third-order valence-electron chi connectivity index (χ3n) is 3.99. The van der Waals surface area contributed by atoms with Gasteiger partial charge in [-0.15, -0.1) is 0 Å². The Morgan fingerprint density at radius 3 is 2.96 bits per heavy atom. The van der Waals surface area contributed by atoms with Crippen LogP contribution in [0.4, 0.5) is 11.5 Å². The molecule has 0 aliphatic carbocycles. The number of nitrogens with two attached hydrogens (primary N) is 1. The van der Waals surface area contributed by atoms with Gasteiger partial charge < -0.3 is 10.6 Å². The quantitative estimate of drug-likeness (QED) is 0.681. The summed E-state index contributed by atoms with van der Waals surface area (Å²) in [4.78, 5) is 22.9. The van der Waals surface area contributed by atoms with Gasteiger partial charge in [0.1, 0.15) is 17.5 Å². The number of nitrogen functional groups attached to an aromatic ring is 1. The first-order valence-corrected chi connectivity index (χ1v) is 8.49. The van der Waals surface area contributed by atoms with Crippen molar-refractivity contribution in [3.05, 3.63) is 41.6 Å². The molecule has 1 aliphatic heterocycles. The first-order chi connectivity index (χ1) is 11.5. The van der Waals surface area contributed by atoms with Crippen LogP contribution < -0.4 is 10.6 Å². The molecule has 0 radical (unpaired) electrons. The number of hydrogen-bond acceptors (Lipinski definition) is 6. The minimum Gasteiger partial charge on any atom is -0.382 e. The molecule has 24 heavy (non-hydrogen) atoms. The second-order valence-electron chi connectivity index (χ2n) is 5.71. The molecule has 1 aliphatic rings. The maximum absolute atomic E-state index is 12.9. The number of benzene rings is 1. The first kappa shape index (κ1) is 16.3. The highest BCUT2D eigenvalue weighted by molar-refractivity contribution is 8.00. The van der Waals surface area contributed by atoms with Gasteiger partial charge in [-0.25, -0.2) is 9.97 Å². The van der Waals surface area contributed by atoms with Gasteiger partial charge in [-0.05, 0) is 31.9 Å². The molecule has 3 rings (SSSR count). The van der Waals surface area contributed by atoms with Crippen LogP contribution in [0, 0.1) is 11.3 Å². The standard InChI is InChI=1S/C17H17N5OS/c1-10-7-12-5-3-4-6-14(12)22(10)16(23)11(2)24-17-20-9-13(8-18)15(19)21-17/h3-6,9-11H,7H2,1-2H3,(H2,19,20,21)/t10-,11+/m0/s1. The van der Waals surface area contributed by atoms with Crippen LogP contribution >= 0.6 is 11.8 Å². The van der Waals surface area contributed by atoms with Gasteiger partial charge >= 0.3 is 0 Å². The van der Waals surface area contributed by atoms with E-state index < -0.39 is 0 Å². The molecule has 6 nitrogen and oxygen atoms in total. The van der Waals surface area contributed by atoms with Crippen molar-refractivity contribution in [3.63, 3.8) is 0 Å². The largest absolute Gasteiger partial charge is 0.382 e.